The first kappa shape index (κ1) is 10.8. The lowest BCUT2D eigenvalue weighted by Gasteiger charge is -2.10. The average Bonchev–Trinajstić information content (AvgIpc) is 2.15. The Morgan fingerprint density at radius 2 is 1.93 bits per heavy atom. The third-order valence-electron chi connectivity index (χ3n) is 1.67. The molecular weight excluding hydrogens is 198 g/mol. The van der Waals surface area contributed by atoms with Gasteiger partial charge in [-0.2, -0.15) is 0 Å². The van der Waals surface area contributed by atoms with E-state index in [1.54, 1.807) is 6.07 Å². The van der Waals surface area contributed by atoms with Gasteiger partial charge in [-0.1, -0.05) is 6.07 Å². The van der Waals surface area contributed by atoms with Crippen LogP contribution in [-0.4, -0.2) is 18.4 Å². The quantitative estimate of drug-likeness (QED) is 0.563. The molecule has 0 radical (unpaired) electrons. The van der Waals surface area contributed by atoms with Crippen molar-refractivity contribution < 1.29 is 14.3 Å². The predicted octanol–water partition coefficient (Wildman–Crippen LogP) is -0.768. The lowest BCUT2D eigenvalue weighted by molar-refractivity contribution is -0.119. The smallest absolute Gasteiger partial charge is 0.255 e. The van der Waals surface area contributed by atoms with E-state index in [-0.39, 0.29) is 23.6 Å². The highest BCUT2D eigenvalue weighted by Crippen LogP contribution is 2.25. The van der Waals surface area contributed by atoms with Crippen molar-refractivity contribution in [3.63, 3.8) is 0 Å². The summed E-state index contributed by atoms with van der Waals surface area (Å²) in [4.78, 5) is 21.5. The third kappa shape index (κ3) is 2.60. The number of rotatable bonds is 4. The fourth-order valence-corrected chi connectivity index (χ4v) is 1.05. The second kappa shape index (κ2) is 4.32. The van der Waals surface area contributed by atoms with Gasteiger partial charge in [0.1, 0.15) is 0 Å². The van der Waals surface area contributed by atoms with E-state index in [4.69, 9.17) is 21.9 Å². The summed E-state index contributed by atoms with van der Waals surface area (Å²) < 4.78 is 4.99. The van der Waals surface area contributed by atoms with Crippen LogP contribution in [0.3, 0.4) is 0 Å². The molecule has 0 aliphatic rings. The van der Waals surface area contributed by atoms with Crippen molar-refractivity contribution in [1.82, 2.24) is 0 Å². The summed E-state index contributed by atoms with van der Waals surface area (Å²) in [6.07, 6.45) is 0. The average molecular weight is 209 g/mol. The van der Waals surface area contributed by atoms with Crippen LogP contribution in [0.15, 0.2) is 18.2 Å². The SMILES string of the molecule is NC(=O)COc1c(N)cccc1C(N)=O. The van der Waals surface area contributed by atoms with Crippen LogP contribution in [0, 0.1) is 0 Å². The van der Waals surface area contributed by atoms with Crippen LogP contribution in [0.2, 0.25) is 0 Å². The molecule has 0 atom stereocenters. The Labute approximate surface area is 86.0 Å². The highest BCUT2D eigenvalue weighted by Gasteiger charge is 2.12. The largest absolute Gasteiger partial charge is 0.481 e. The molecule has 0 fully saturated rings. The molecule has 0 heterocycles. The van der Waals surface area contributed by atoms with Crippen LogP contribution in [-0.2, 0) is 4.79 Å². The van der Waals surface area contributed by atoms with Crippen molar-refractivity contribution in [2.75, 3.05) is 12.3 Å². The predicted molar refractivity (Wildman–Crippen MR) is 54.1 cm³/mol. The minimum Gasteiger partial charge on any atom is -0.481 e. The second-order valence-electron chi connectivity index (χ2n) is 2.84. The van der Waals surface area contributed by atoms with Crippen molar-refractivity contribution in [2.24, 2.45) is 11.5 Å². The Morgan fingerprint density at radius 1 is 1.27 bits per heavy atom. The molecule has 0 aromatic heterocycles. The van der Waals surface area contributed by atoms with E-state index < -0.39 is 11.8 Å². The molecule has 1 aromatic carbocycles. The Bertz CT molecular complexity index is 404. The van der Waals surface area contributed by atoms with Gasteiger partial charge in [0.25, 0.3) is 11.8 Å². The van der Waals surface area contributed by atoms with Gasteiger partial charge in [-0.25, -0.2) is 0 Å². The first-order valence-corrected chi connectivity index (χ1v) is 4.11. The number of ether oxygens (including phenoxy) is 1. The van der Waals surface area contributed by atoms with Crippen LogP contribution in [0.5, 0.6) is 5.75 Å². The molecule has 2 amide bonds. The molecule has 0 aliphatic carbocycles. The minimum absolute atomic E-state index is 0.0869. The van der Waals surface area contributed by atoms with E-state index in [0.717, 1.165) is 0 Å². The summed E-state index contributed by atoms with van der Waals surface area (Å²) in [5, 5.41) is 0. The van der Waals surface area contributed by atoms with Crippen molar-refractivity contribution in [2.45, 2.75) is 0 Å². The fraction of sp³-hybridized carbons (Fsp3) is 0.111. The van der Waals surface area contributed by atoms with Gasteiger partial charge >= 0.3 is 0 Å². The lowest BCUT2D eigenvalue weighted by atomic mass is 10.1. The van der Waals surface area contributed by atoms with E-state index in [1.807, 2.05) is 0 Å². The number of hydrogen-bond acceptors (Lipinski definition) is 4. The summed E-state index contributed by atoms with van der Waals surface area (Å²) in [5.41, 5.74) is 15.9. The Balaban J connectivity index is 3.02. The standard InChI is InChI=1S/C9H11N3O3/c10-6-3-1-2-5(9(12)14)8(6)15-4-7(11)13/h1-3H,4,10H2,(H2,11,13)(H2,12,14). The maximum atomic E-state index is 11.0. The van der Waals surface area contributed by atoms with Crippen LogP contribution in [0.1, 0.15) is 10.4 Å². The molecule has 0 aliphatic heterocycles. The maximum absolute atomic E-state index is 11.0. The van der Waals surface area contributed by atoms with E-state index in [0.29, 0.717) is 0 Å². The minimum atomic E-state index is -0.679. The zero-order chi connectivity index (χ0) is 11.4. The second-order valence-corrected chi connectivity index (χ2v) is 2.84. The van der Waals surface area contributed by atoms with Crippen LogP contribution in [0.4, 0.5) is 5.69 Å². The van der Waals surface area contributed by atoms with Crippen molar-refractivity contribution >= 4 is 17.5 Å². The normalized spacial score (nSPS) is 9.60. The maximum Gasteiger partial charge on any atom is 0.255 e. The number of nitrogen functional groups attached to an aromatic ring is 1. The highest BCUT2D eigenvalue weighted by molar-refractivity contribution is 5.97. The first-order chi connectivity index (χ1) is 7.02. The van der Waals surface area contributed by atoms with Crippen molar-refractivity contribution in [1.29, 1.82) is 0 Å². The number of carbonyl (C=O) groups is 2. The summed E-state index contributed by atoms with van der Waals surface area (Å²) in [5.74, 6) is -1.25. The molecule has 6 heteroatoms. The van der Waals surface area contributed by atoms with Crippen LogP contribution in [0.25, 0.3) is 0 Å². The molecule has 0 unspecified atom stereocenters. The van der Waals surface area contributed by atoms with Gasteiger partial charge < -0.3 is 21.9 Å². The Kier molecular flexibility index (Phi) is 3.12. The monoisotopic (exact) mass is 209 g/mol. The Morgan fingerprint density at radius 3 is 2.47 bits per heavy atom. The number of amides is 2. The molecule has 0 spiro atoms. The summed E-state index contributed by atoms with van der Waals surface area (Å²) in [7, 11) is 0. The molecule has 0 saturated heterocycles. The first-order valence-electron chi connectivity index (χ1n) is 4.11. The Hall–Kier alpha value is -2.24. The third-order valence-corrected chi connectivity index (χ3v) is 1.67. The van der Waals surface area contributed by atoms with Crippen LogP contribution >= 0.6 is 0 Å². The molecule has 6 nitrogen and oxygen atoms in total. The molecule has 6 N–H and O–H groups in total. The van der Waals surface area contributed by atoms with Gasteiger partial charge in [0.15, 0.2) is 12.4 Å². The van der Waals surface area contributed by atoms with Gasteiger partial charge in [0.2, 0.25) is 0 Å². The molecule has 1 aromatic rings. The molecule has 15 heavy (non-hydrogen) atoms. The number of anilines is 1. The molecular formula is C9H11N3O3. The van der Waals surface area contributed by atoms with Crippen molar-refractivity contribution in [3.8, 4) is 5.75 Å². The zero-order valence-corrected chi connectivity index (χ0v) is 7.90. The van der Waals surface area contributed by atoms with E-state index in [1.165, 1.54) is 12.1 Å². The van der Waals surface area contributed by atoms with Gasteiger partial charge in [0, 0.05) is 0 Å². The number of benzene rings is 1. The zero-order valence-electron chi connectivity index (χ0n) is 7.90. The number of para-hydroxylation sites is 1. The molecule has 0 bridgehead atoms. The van der Waals surface area contributed by atoms with Gasteiger partial charge in [0.05, 0.1) is 11.3 Å². The topological polar surface area (TPSA) is 121 Å². The highest BCUT2D eigenvalue weighted by atomic mass is 16.5. The molecule has 1 rings (SSSR count). The van der Waals surface area contributed by atoms with E-state index >= 15 is 0 Å². The summed E-state index contributed by atoms with van der Waals surface area (Å²) >= 11 is 0. The summed E-state index contributed by atoms with van der Waals surface area (Å²) in [6, 6.07) is 4.55. The van der Waals surface area contributed by atoms with E-state index in [9.17, 15) is 9.59 Å². The number of carbonyl (C=O) groups excluding carboxylic acids is 2. The van der Waals surface area contributed by atoms with E-state index in [2.05, 4.69) is 0 Å². The van der Waals surface area contributed by atoms with Gasteiger partial charge in [-0.15, -0.1) is 0 Å². The van der Waals surface area contributed by atoms with Gasteiger partial charge in [-0.05, 0) is 12.1 Å². The number of nitrogens with two attached hydrogens (primary N) is 3. The summed E-state index contributed by atoms with van der Waals surface area (Å²) in [6.45, 7) is -0.353. The van der Waals surface area contributed by atoms with Crippen LogP contribution < -0.4 is 21.9 Å². The fourth-order valence-electron chi connectivity index (χ4n) is 1.05. The van der Waals surface area contributed by atoms with Gasteiger partial charge in [-0.3, -0.25) is 9.59 Å². The number of primary amides is 2. The lowest BCUT2D eigenvalue weighted by Crippen LogP contribution is -2.22. The molecule has 80 valence electrons. The molecule has 0 saturated carbocycles. The number of hydrogen-bond donors (Lipinski definition) is 3. The van der Waals surface area contributed by atoms with Crippen molar-refractivity contribution in [3.05, 3.63) is 23.8 Å².